The number of urea groups is 1. The minimum Gasteiger partial charge on any atom is -0.336 e. The Balaban J connectivity index is 1.65. The SMILES string of the molecule is CC1CCCC(NC(=O)NCCN2C(=O)CCC2=O)CC1. The average Bonchev–Trinajstić information content (AvgIpc) is 2.63. The summed E-state index contributed by atoms with van der Waals surface area (Å²) in [6.07, 6.45) is 6.19. The standard InChI is InChI=1S/C15H25N3O3/c1-11-3-2-4-12(6-5-11)17-15(21)16-9-10-18-13(19)7-8-14(18)20/h11-12H,2-10H2,1H3,(H2,16,17,21). The van der Waals surface area contributed by atoms with Crippen molar-refractivity contribution in [2.75, 3.05) is 13.1 Å². The fraction of sp³-hybridized carbons (Fsp3) is 0.800. The molecule has 0 radical (unpaired) electrons. The van der Waals surface area contributed by atoms with Crippen LogP contribution in [0.2, 0.25) is 0 Å². The van der Waals surface area contributed by atoms with E-state index in [2.05, 4.69) is 17.6 Å². The summed E-state index contributed by atoms with van der Waals surface area (Å²) >= 11 is 0. The van der Waals surface area contributed by atoms with Gasteiger partial charge in [0.25, 0.3) is 0 Å². The molecule has 4 amide bonds. The molecule has 1 saturated heterocycles. The fourth-order valence-corrected chi connectivity index (χ4v) is 3.02. The molecule has 21 heavy (non-hydrogen) atoms. The third-order valence-electron chi connectivity index (χ3n) is 4.37. The number of nitrogens with one attached hydrogen (secondary N) is 2. The number of nitrogens with zero attached hydrogens (tertiary/aromatic N) is 1. The van der Waals surface area contributed by atoms with E-state index in [1.54, 1.807) is 0 Å². The minimum atomic E-state index is -0.200. The Kier molecular flexibility index (Phi) is 5.59. The van der Waals surface area contributed by atoms with Gasteiger partial charge in [0.2, 0.25) is 11.8 Å². The molecule has 6 heteroatoms. The van der Waals surface area contributed by atoms with Crippen molar-refractivity contribution in [1.82, 2.24) is 15.5 Å². The Morgan fingerprint density at radius 1 is 1.14 bits per heavy atom. The highest BCUT2D eigenvalue weighted by Crippen LogP contribution is 2.22. The lowest BCUT2D eigenvalue weighted by Gasteiger charge is -2.18. The molecular weight excluding hydrogens is 270 g/mol. The van der Waals surface area contributed by atoms with E-state index in [9.17, 15) is 14.4 Å². The molecule has 0 aromatic carbocycles. The van der Waals surface area contributed by atoms with Gasteiger partial charge in [-0.3, -0.25) is 14.5 Å². The van der Waals surface area contributed by atoms with Gasteiger partial charge in [-0.1, -0.05) is 19.8 Å². The molecule has 1 heterocycles. The largest absolute Gasteiger partial charge is 0.336 e. The molecule has 1 saturated carbocycles. The molecule has 1 aliphatic heterocycles. The second-order valence-electron chi connectivity index (χ2n) is 6.15. The van der Waals surface area contributed by atoms with Crippen LogP contribution in [0.3, 0.4) is 0 Å². The van der Waals surface area contributed by atoms with Crippen LogP contribution in [0.4, 0.5) is 4.79 Å². The van der Waals surface area contributed by atoms with Gasteiger partial charge in [-0.25, -0.2) is 4.79 Å². The summed E-state index contributed by atoms with van der Waals surface area (Å²) in [5.74, 6) is 0.465. The number of carbonyl (C=O) groups is 3. The maximum Gasteiger partial charge on any atom is 0.315 e. The summed E-state index contributed by atoms with van der Waals surface area (Å²) in [7, 11) is 0. The van der Waals surface area contributed by atoms with Gasteiger partial charge in [0.15, 0.2) is 0 Å². The van der Waals surface area contributed by atoms with Gasteiger partial charge >= 0.3 is 6.03 Å². The average molecular weight is 295 g/mol. The number of imide groups is 1. The van der Waals surface area contributed by atoms with E-state index in [0.717, 1.165) is 31.6 Å². The summed E-state index contributed by atoms with van der Waals surface area (Å²) in [4.78, 5) is 35.9. The van der Waals surface area contributed by atoms with E-state index in [4.69, 9.17) is 0 Å². The van der Waals surface area contributed by atoms with Crippen LogP contribution in [0.5, 0.6) is 0 Å². The van der Waals surface area contributed by atoms with Crippen molar-refractivity contribution in [3.05, 3.63) is 0 Å². The Morgan fingerprint density at radius 3 is 2.57 bits per heavy atom. The van der Waals surface area contributed by atoms with E-state index >= 15 is 0 Å². The summed E-state index contributed by atoms with van der Waals surface area (Å²) < 4.78 is 0. The lowest BCUT2D eigenvalue weighted by Crippen LogP contribution is -2.45. The molecule has 2 unspecified atom stereocenters. The van der Waals surface area contributed by atoms with Gasteiger partial charge in [-0.2, -0.15) is 0 Å². The molecule has 2 rings (SSSR count). The first-order chi connectivity index (χ1) is 10.1. The number of likely N-dealkylation sites (tertiary alicyclic amines) is 1. The molecule has 2 N–H and O–H groups in total. The predicted molar refractivity (Wildman–Crippen MR) is 78.5 cm³/mol. The second kappa shape index (κ2) is 7.43. The minimum absolute atomic E-state index is 0.139. The summed E-state index contributed by atoms with van der Waals surface area (Å²) in [5, 5.41) is 5.72. The lowest BCUT2D eigenvalue weighted by atomic mass is 10.0. The third-order valence-corrected chi connectivity index (χ3v) is 4.37. The smallest absolute Gasteiger partial charge is 0.315 e. The second-order valence-corrected chi connectivity index (χ2v) is 6.15. The lowest BCUT2D eigenvalue weighted by molar-refractivity contribution is -0.138. The van der Waals surface area contributed by atoms with E-state index in [1.165, 1.54) is 11.3 Å². The van der Waals surface area contributed by atoms with Crippen LogP contribution in [0, 0.1) is 5.92 Å². The van der Waals surface area contributed by atoms with Gasteiger partial charge in [0, 0.05) is 32.0 Å². The van der Waals surface area contributed by atoms with Crippen LogP contribution in [0.1, 0.15) is 51.9 Å². The molecule has 2 atom stereocenters. The van der Waals surface area contributed by atoms with Gasteiger partial charge < -0.3 is 10.6 Å². The maximum absolute atomic E-state index is 11.8. The molecule has 2 aliphatic rings. The van der Waals surface area contributed by atoms with Crippen LogP contribution in [0.15, 0.2) is 0 Å². The van der Waals surface area contributed by atoms with Crippen molar-refractivity contribution in [3.63, 3.8) is 0 Å². The van der Waals surface area contributed by atoms with Gasteiger partial charge in [0.1, 0.15) is 0 Å². The van der Waals surface area contributed by atoms with Crippen LogP contribution >= 0.6 is 0 Å². The summed E-state index contributed by atoms with van der Waals surface area (Å²) in [5.41, 5.74) is 0. The maximum atomic E-state index is 11.8. The van der Waals surface area contributed by atoms with Crippen molar-refractivity contribution in [1.29, 1.82) is 0 Å². The number of carbonyl (C=O) groups excluding carboxylic acids is 3. The molecule has 0 bridgehead atoms. The highest BCUT2D eigenvalue weighted by Gasteiger charge is 2.28. The van der Waals surface area contributed by atoms with E-state index in [1.807, 2.05) is 0 Å². The van der Waals surface area contributed by atoms with Crippen molar-refractivity contribution < 1.29 is 14.4 Å². The molecule has 1 aliphatic carbocycles. The molecule has 118 valence electrons. The van der Waals surface area contributed by atoms with Gasteiger partial charge in [-0.05, 0) is 25.2 Å². The zero-order valence-corrected chi connectivity index (χ0v) is 12.7. The fourth-order valence-electron chi connectivity index (χ4n) is 3.02. The molecule has 6 nitrogen and oxygen atoms in total. The van der Waals surface area contributed by atoms with E-state index in [0.29, 0.717) is 19.4 Å². The predicted octanol–water partition coefficient (Wildman–Crippen LogP) is 1.40. The quantitative estimate of drug-likeness (QED) is 0.608. The van der Waals surface area contributed by atoms with Gasteiger partial charge in [0.05, 0.1) is 0 Å². The van der Waals surface area contributed by atoms with E-state index < -0.39 is 0 Å². The van der Waals surface area contributed by atoms with Crippen LogP contribution in [0.25, 0.3) is 0 Å². The van der Waals surface area contributed by atoms with E-state index in [-0.39, 0.29) is 30.4 Å². The van der Waals surface area contributed by atoms with Crippen LogP contribution in [-0.2, 0) is 9.59 Å². The number of rotatable bonds is 4. The molecule has 0 spiro atoms. The molecule has 0 aromatic heterocycles. The highest BCUT2D eigenvalue weighted by molar-refractivity contribution is 6.01. The molecule has 0 aromatic rings. The van der Waals surface area contributed by atoms with Crippen molar-refractivity contribution in [2.45, 2.75) is 57.9 Å². The monoisotopic (exact) mass is 295 g/mol. The topological polar surface area (TPSA) is 78.5 Å². The third kappa shape index (κ3) is 4.72. The first kappa shape index (κ1) is 15.8. The van der Waals surface area contributed by atoms with Crippen molar-refractivity contribution >= 4 is 17.8 Å². The Bertz CT molecular complexity index is 395. The zero-order valence-electron chi connectivity index (χ0n) is 12.7. The van der Waals surface area contributed by atoms with Gasteiger partial charge in [-0.15, -0.1) is 0 Å². The van der Waals surface area contributed by atoms with Crippen molar-refractivity contribution in [3.8, 4) is 0 Å². The Labute approximate surface area is 125 Å². The van der Waals surface area contributed by atoms with Crippen LogP contribution < -0.4 is 10.6 Å². The number of amides is 4. The van der Waals surface area contributed by atoms with Crippen LogP contribution in [-0.4, -0.2) is 41.9 Å². The zero-order chi connectivity index (χ0) is 15.2. The molecule has 2 fully saturated rings. The summed E-state index contributed by atoms with van der Waals surface area (Å²) in [6.45, 7) is 2.84. The van der Waals surface area contributed by atoms with Crippen molar-refractivity contribution in [2.24, 2.45) is 5.92 Å². The Morgan fingerprint density at radius 2 is 1.86 bits per heavy atom. The molecular formula is C15H25N3O3. The Hall–Kier alpha value is -1.59. The number of hydrogen-bond acceptors (Lipinski definition) is 3. The first-order valence-electron chi connectivity index (χ1n) is 7.94. The first-order valence-corrected chi connectivity index (χ1v) is 7.94. The normalized spacial score (nSPS) is 26.6. The highest BCUT2D eigenvalue weighted by atomic mass is 16.2. The summed E-state index contributed by atoms with van der Waals surface area (Å²) in [6, 6.07) is 0.0404. The number of hydrogen-bond donors (Lipinski definition) is 2.